The highest BCUT2D eigenvalue weighted by Gasteiger charge is 2.40. The zero-order valence-electron chi connectivity index (χ0n) is 16.5. The number of furan rings is 1. The van der Waals surface area contributed by atoms with E-state index in [1.165, 1.54) is 12.3 Å². The van der Waals surface area contributed by atoms with Crippen LogP contribution in [0.3, 0.4) is 0 Å². The predicted octanol–water partition coefficient (Wildman–Crippen LogP) is 3.68. The van der Waals surface area contributed by atoms with E-state index in [0.717, 1.165) is 11.8 Å². The van der Waals surface area contributed by atoms with Crippen molar-refractivity contribution in [2.75, 3.05) is 31.1 Å². The first-order valence-corrected chi connectivity index (χ1v) is 9.21. The number of carbonyl (C=O) groups is 1. The summed E-state index contributed by atoms with van der Waals surface area (Å²) < 4.78 is 45.5. The second kappa shape index (κ2) is 7.14. The third-order valence-corrected chi connectivity index (χ3v) is 4.91. The highest BCUT2D eigenvalue weighted by atomic mass is 19.4. The van der Waals surface area contributed by atoms with Gasteiger partial charge in [0.05, 0.1) is 24.8 Å². The quantitative estimate of drug-likeness (QED) is 0.778. The summed E-state index contributed by atoms with van der Waals surface area (Å²) in [5, 5.41) is 0. The van der Waals surface area contributed by atoms with E-state index >= 15 is 0 Å². The van der Waals surface area contributed by atoms with E-state index in [-0.39, 0.29) is 17.1 Å². The number of nitrogens with one attached hydrogen (secondary N) is 1. The highest BCUT2D eigenvalue weighted by Crippen LogP contribution is 2.34. The standard InChI is InChI=1S/C20H24F3N3O2/c1-13-14(12-16(28-13)19(2,3)4)18(27)26-10-8-25(9-11-26)17-15(20(21,22)23)6-5-7-24-17/h5-7,12H,8-11H2,1-4H3/p+1. The molecule has 0 bridgehead atoms. The third kappa shape index (κ3) is 4.00. The molecule has 1 aliphatic rings. The van der Waals surface area contributed by atoms with Gasteiger partial charge < -0.3 is 9.32 Å². The molecule has 2 aromatic rings. The zero-order valence-corrected chi connectivity index (χ0v) is 16.5. The number of aryl methyl sites for hydroxylation is 1. The van der Waals surface area contributed by atoms with Crippen LogP contribution in [0.5, 0.6) is 0 Å². The maximum atomic E-state index is 13.3. The number of amides is 1. The van der Waals surface area contributed by atoms with Crippen LogP contribution in [0, 0.1) is 6.92 Å². The minimum atomic E-state index is -4.43. The number of pyridine rings is 1. The summed E-state index contributed by atoms with van der Waals surface area (Å²) in [4.78, 5) is 18.9. The molecule has 0 spiro atoms. The Morgan fingerprint density at radius 2 is 1.79 bits per heavy atom. The molecule has 0 radical (unpaired) electrons. The molecule has 0 aromatic carbocycles. The van der Waals surface area contributed by atoms with Crippen LogP contribution in [0.25, 0.3) is 0 Å². The number of alkyl halides is 3. The molecule has 0 unspecified atom stereocenters. The van der Waals surface area contributed by atoms with Gasteiger partial charge in [0.1, 0.15) is 30.2 Å². The topological polar surface area (TPSA) is 50.8 Å². The lowest BCUT2D eigenvalue weighted by Gasteiger charge is -2.31. The molecule has 28 heavy (non-hydrogen) atoms. The lowest BCUT2D eigenvalue weighted by molar-refractivity contribution is -0.367. The Balaban J connectivity index is 1.73. The molecule has 1 aliphatic heterocycles. The van der Waals surface area contributed by atoms with Crippen LogP contribution in [0.2, 0.25) is 0 Å². The van der Waals surface area contributed by atoms with E-state index in [0.29, 0.717) is 37.5 Å². The van der Waals surface area contributed by atoms with Crippen LogP contribution in [0.1, 0.15) is 48.2 Å². The molecule has 0 atom stereocenters. The van der Waals surface area contributed by atoms with Crippen molar-refractivity contribution in [1.82, 2.24) is 4.90 Å². The van der Waals surface area contributed by atoms with E-state index in [4.69, 9.17) is 4.42 Å². The minimum absolute atomic E-state index is 0.0385. The van der Waals surface area contributed by atoms with Crippen molar-refractivity contribution in [1.29, 1.82) is 0 Å². The number of aromatic nitrogens is 1. The Morgan fingerprint density at radius 3 is 2.32 bits per heavy atom. The van der Waals surface area contributed by atoms with Gasteiger partial charge in [0, 0.05) is 5.41 Å². The number of rotatable bonds is 2. The number of halogens is 3. The van der Waals surface area contributed by atoms with E-state index in [1.54, 1.807) is 22.8 Å². The first-order valence-electron chi connectivity index (χ1n) is 9.21. The van der Waals surface area contributed by atoms with Gasteiger partial charge in [0.15, 0.2) is 0 Å². The predicted molar refractivity (Wildman–Crippen MR) is 98.3 cm³/mol. The van der Waals surface area contributed by atoms with Gasteiger partial charge in [-0.2, -0.15) is 13.2 Å². The second-order valence-electron chi connectivity index (χ2n) is 8.04. The first-order chi connectivity index (χ1) is 13.0. The smallest absolute Gasteiger partial charge is 0.424 e. The van der Waals surface area contributed by atoms with Crippen molar-refractivity contribution in [2.24, 2.45) is 0 Å². The Hall–Kier alpha value is -2.51. The van der Waals surface area contributed by atoms with Gasteiger partial charge in [-0.25, -0.2) is 4.98 Å². The van der Waals surface area contributed by atoms with Gasteiger partial charge in [0.25, 0.3) is 11.7 Å². The van der Waals surface area contributed by atoms with E-state index in [1.807, 2.05) is 20.8 Å². The Bertz CT molecular complexity index is 860. The van der Waals surface area contributed by atoms with Crippen molar-refractivity contribution < 1.29 is 27.4 Å². The van der Waals surface area contributed by atoms with E-state index < -0.39 is 11.7 Å². The Kier molecular flexibility index (Phi) is 5.16. The van der Waals surface area contributed by atoms with Gasteiger partial charge in [-0.3, -0.25) is 9.69 Å². The number of carbonyl (C=O) groups excluding carboxylic acids is 1. The maximum Gasteiger partial charge on any atom is 0.424 e. The second-order valence-corrected chi connectivity index (χ2v) is 8.04. The Labute approximate surface area is 162 Å². The highest BCUT2D eigenvalue weighted by molar-refractivity contribution is 5.95. The minimum Gasteiger partial charge on any atom is -0.465 e. The fourth-order valence-corrected chi connectivity index (χ4v) is 3.29. The number of hydrogen-bond donors (Lipinski definition) is 0. The molecular formula is C20H25F3N3O2+. The number of aromatic amines is 1. The van der Waals surface area contributed by atoms with Crippen molar-refractivity contribution in [3.05, 3.63) is 47.0 Å². The molecule has 0 aliphatic carbocycles. The molecular weight excluding hydrogens is 371 g/mol. The molecule has 1 amide bonds. The van der Waals surface area contributed by atoms with Crippen LogP contribution < -0.4 is 9.88 Å². The van der Waals surface area contributed by atoms with Gasteiger partial charge in [-0.1, -0.05) is 20.8 Å². The average molecular weight is 396 g/mol. The molecule has 1 N–H and O–H groups in total. The maximum absolute atomic E-state index is 13.3. The summed E-state index contributed by atoms with van der Waals surface area (Å²) in [5.74, 6) is 1.19. The van der Waals surface area contributed by atoms with Gasteiger partial charge in [-0.05, 0) is 25.1 Å². The van der Waals surface area contributed by atoms with Gasteiger partial charge in [0.2, 0.25) is 0 Å². The summed E-state index contributed by atoms with van der Waals surface area (Å²) >= 11 is 0. The van der Waals surface area contributed by atoms with Crippen LogP contribution in [0.15, 0.2) is 28.8 Å². The zero-order chi connectivity index (χ0) is 20.7. The summed E-state index contributed by atoms with van der Waals surface area (Å²) in [7, 11) is 0. The summed E-state index contributed by atoms with van der Waals surface area (Å²) in [5.41, 5.74) is -0.394. The van der Waals surface area contributed by atoms with E-state index in [9.17, 15) is 18.0 Å². The van der Waals surface area contributed by atoms with Crippen molar-refractivity contribution in [3.63, 3.8) is 0 Å². The summed E-state index contributed by atoms with van der Waals surface area (Å²) in [6.45, 7) is 9.10. The molecule has 0 saturated carbocycles. The number of nitrogens with zero attached hydrogens (tertiary/aromatic N) is 2. The molecule has 2 aromatic heterocycles. The molecule has 1 saturated heterocycles. The van der Waals surface area contributed by atoms with Crippen molar-refractivity contribution in [3.8, 4) is 0 Å². The number of anilines is 1. The molecule has 3 heterocycles. The van der Waals surface area contributed by atoms with Crippen LogP contribution in [-0.2, 0) is 11.6 Å². The number of piperazine rings is 1. The molecule has 3 rings (SSSR count). The van der Waals surface area contributed by atoms with Crippen molar-refractivity contribution in [2.45, 2.75) is 39.3 Å². The Morgan fingerprint density at radius 1 is 1.14 bits per heavy atom. The number of H-pyrrole nitrogens is 1. The molecule has 152 valence electrons. The van der Waals surface area contributed by atoms with Crippen molar-refractivity contribution >= 4 is 11.7 Å². The van der Waals surface area contributed by atoms with E-state index in [2.05, 4.69) is 4.98 Å². The van der Waals surface area contributed by atoms with Crippen LogP contribution in [-0.4, -0.2) is 37.0 Å². The largest absolute Gasteiger partial charge is 0.465 e. The fraction of sp³-hybridized carbons (Fsp3) is 0.500. The number of hydrogen-bond acceptors (Lipinski definition) is 3. The van der Waals surface area contributed by atoms with Gasteiger partial charge in [-0.15, -0.1) is 0 Å². The lowest BCUT2D eigenvalue weighted by Crippen LogP contribution is -2.50. The summed E-state index contributed by atoms with van der Waals surface area (Å²) in [6.07, 6.45) is -2.96. The molecule has 5 nitrogen and oxygen atoms in total. The first kappa shape index (κ1) is 20.2. The van der Waals surface area contributed by atoms with Gasteiger partial charge >= 0.3 is 6.18 Å². The lowest BCUT2D eigenvalue weighted by atomic mass is 9.93. The van der Waals surface area contributed by atoms with Crippen LogP contribution >= 0.6 is 0 Å². The monoisotopic (exact) mass is 396 g/mol. The summed E-state index contributed by atoms with van der Waals surface area (Å²) in [6, 6.07) is 4.17. The SMILES string of the molecule is Cc1oc(C(C)(C)C)cc1C(=O)N1CCN(c2[nH+]cccc2C(F)(F)F)CC1. The third-order valence-electron chi connectivity index (χ3n) is 4.91. The fourth-order valence-electron chi connectivity index (χ4n) is 3.29. The normalized spacial score (nSPS) is 15.8. The average Bonchev–Trinajstić information content (AvgIpc) is 3.03. The molecule has 8 heteroatoms. The van der Waals surface area contributed by atoms with Crippen LogP contribution in [0.4, 0.5) is 19.0 Å². The molecule has 1 fully saturated rings.